The summed E-state index contributed by atoms with van der Waals surface area (Å²) >= 11 is 0. The molecule has 0 unspecified atom stereocenters. The van der Waals surface area contributed by atoms with Crippen LogP contribution in [-0.4, -0.2) is 29.7 Å². The average molecular weight is 269 g/mol. The molecule has 0 amide bonds. The van der Waals surface area contributed by atoms with Crippen LogP contribution < -0.4 is 16.0 Å². The van der Waals surface area contributed by atoms with Crippen LogP contribution in [0.15, 0.2) is 4.79 Å². The predicted molar refractivity (Wildman–Crippen MR) is 70.0 cm³/mol. The van der Waals surface area contributed by atoms with E-state index in [4.69, 9.17) is 10.5 Å². The maximum absolute atomic E-state index is 12.0. The minimum atomic E-state index is -0.254. The van der Waals surface area contributed by atoms with Crippen molar-refractivity contribution in [1.82, 2.24) is 9.55 Å². The van der Waals surface area contributed by atoms with Crippen molar-refractivity contribution in [2.75, 3.05) is 20.0 Å². The zero-order valence-electron chi connectivity index (χ0n) is 11.4. The summed E-state index contributed by atoms with van der Waals surface area (Å²) in [7, 11) is 4.35. The Labute approximate surface area is 111 Å². The second-order valence-electron chi connectivity index (χ2n) is 4.11. The highest BCUT2D eigenvalue weighted by molar-refractivity contribution is 5.68. The first-order valence-electron chi connectivity index (χ1n) is 5.97. The van der Waals surface area contributed by atoms with E-state index < -0.39 is 0 Å². The van der Waals surface area contributed by atoms with Gasteiger partial charge in [-0.3, -0.25) is 14.2 Å². The SMILES string of the molecule is COC(=O)CCCCc1c(OC)nc(N)n(C)c1=O. The number of rotatable bonds is 6. The highest BCUT2D eigenvalue weighted by Crippen LogP contribution is 2.15. The zero-order valence-corrected chi connectivity index (χ0v) is 11.4. The second-order valence-corrected chi connectivity index (χ2v) is 4.11. The molecule has 0 aliphatic rings. The summed E-state index contributed by atoms with van der Waals surface area (Å²) in [5.74, 6) is 0.106. The monoisotopic (exact) mass is 269 g/mol. The summed E-state index contributed by atoms with van der Waals surface area (Å²) in [5.41, 5.74) is 5.85. The van der Waals surface area contributed by atoms with Gasteiger partial charge in [-0.05, 0) is 19.3 Å². The van der Waals surface area contributed by atoms with E-state index >= 15 is 0 Å². The minimum Gasteiger partial charge on any atom is -0.481 e. The van der Waals surface area contributed by atoms with Gasteiger partial charge in [0.2, 0.25) is 11.8 Å². The van der Waals surface area contributed by atoms with Gasteiger partial charge in [0.25, 0.3) is 5.56 Å². The number of methoxy groups -OCH3 is 2. The van der Waals surface area contributed by atoms with Crippen LogP contribution in [0.5, 0.6) is 5.88 Å². The molecule has 1 aromatic rings. The molecule has 19 heavy (non-hydrogen) atoms. The molecular formula is C12H19N3O4. The lowest BCUT2D eigenvalue weighted by Gasteiger charge is -2.10. The fraction of sp³-hybridized carbons (Fsp3) is 0.583. The van der Waals surface area contributed by atoms with Gasteiger partial charge >= 0.3 is 5.97 Å². The molecule has 0 saturated carbocycles. The van der Waals surface area contributed by atoms with Gasteiger partial charge in [0.15, 0.2) is 0 Å². The maximum Gasteiger partial charge on any atom is 0.305 e. The molecule has 0 bridgehead atoms. The van der Waals surface area contributed by atoms with Gasteiger partial charge < -0.3 is 15.2 Å². The molecule has 0 radical (unpaired) electrons. The summed E-state index contributed by atoms with van der Waals surface area (Å²) in [4.78, 5) is 27.0. The Balaban J connectivity index is 2.75. The van der Waals surface area contributed by atoms with E-state index in [-0.39, 0.29) is 23.4 Å². The zero-order chi connectivity index (χ0) is 14.4. The fourth-order valence-electron chi connectivity index (χ4n) is 1.70. The van der Waals surface area contributed by atoms with Crippen molar-refractivity contribution in [3.63, 3.8) is 0 Å². The lowest BCUT2D eigenvalue weighted by molar-refractivity contribution is -0.140. The predicted octanol–water partition coefficient (Wildman–Crippen LogP) is 0.257. The summed E-state index contributed by atoms with van der Waals surface area (Å²) in [6, 6.07) is 0. The Hall–Kier alpha value is -2.05. The number of anilines is 1. The third kappa shape index (κ3) is 3.70. The molecular weight excluding hydrogens is 250 g/mol. The van der Waals surface area contributed by atoms with Crippen LogP contribution in [0, 0.1) is 0 Å². The van der Waals surface area contributed by atoms with E-state index in [9.17, 15) is 9.59 Å². The lowest BCUT2D eigenvalue weighted by Crippen LogP contribution is -2.26. The molecule has 7 nitrogen and oxygen atoms in total. The largest absolute Gasteiger partial charge is 0.481 e. The van der Waals surface area contributed by atoms with Crippen LogP contribution in [0.3, 0.4) is 0 Å². The van der Waals surface area contributed by atoms with Crippen LogP contribution >= 0.6 is 0 Å². The molecule has 7 heteroatoms. The first-order chi connectivity index (χ1) is 9.01. The first kappa shape index (κ1) is 15.0. The molecule has 0 aliphatic carbocycles. The van der Waals surface area contributed by atoms with Crippen LogP contribution in [0.2, 0.25) is 0 Å². The summed E-state index contributed by atoms with van der Waals surface area (Å²) in [6.45, 7) is 0. The number of aromatic nitrogens is 2. The molecule has 106 valence electrons. The van der Waals surface area contributed by atoms with Crippen LogP contribution in [-0.2, 0) is 23.0 Å². The number of nitrogens with two attached hydrogens (primary N) is 1. The Morgan fingerprint density at radius 3 is 2.63 bits per heavy atom. The molecule has 0 aromatic carbocycles. The van der Waals surface area contributed by atoms with Gasteiger partial charge in [-0.15, -0.1) is 0 Å². The number of nitrogen functional groups attached to an aromatic ring is 1. The number of ether oxygens (including phenoxy) is 2. The van der Waals surface area contributed by atoms with Crippen LogP contribution in [0.1, 0.15) is 24.8 Å². The van der Waals surface area contributed by atoms with E-state index in [2.05, 4.69) is 9.72 Å². The van der Waals surface area contributed by atoms with Crippen LogP contribution in [0.25, 0.3) is 0 Å². The van der Waals surface area contributed by atoms with Crippen LogP contribution in [0.4, 0.5) is 5.95 Å². The first-order valence-corrected chi connectivity index (χ1v) is 5.97. The third-order valence-electron chi connectivity index (χ3n) is 2.86. The number of hydrogen-bond acceptors (Lipinski definition) is 6. The number of hydrogen-bond donors (Lipinski definition) is 1. The Kier molecular flexibility index (Phi) is 5.35. The fourth-order valence-corrected chi connectivity index (χ4v) is 1.70. The number of esters is 1. The molecule has 1 aromatic heterocycles. The van der Waals surface area contributed by atoms with E-state index in [1.165, 1.54) is 18.8 Å². The normalized spacial score (nSPS) is 10.3. The second kappa shape index (κ2) is 6.77. The summed E-state index contributed by atoms with van der Waals surface area (Å²) < 4.78 is 10.9. The third-order valence-corrected chi connectivity index (χ3v) is 2.86. The van der Waals surface area contributed by atoms with Gasteiger partial charge in [-0.2, -0.15) is 4.98 Å². The molecule has 0 spiro atoms. The topological polar surface area (TPSA) is 96.4 Å². The number of nitrogens with zero attached hydrogens (tertiary/aromatic N) is 2. The highest BCUT2D eigenvalue weighted by Gasteiger charge is 2.13. The molecule has 0 fully saturated rings. The van der Waals surface area contributed by atoms with Gasteiger partial charge in [0.1, 0.15) is 0 Å². The van der Waals surface area contributed by atoms with E-state index in [0.717, 1.165) is 0 Å². The Morgan fingerprint density at radius 1 is 1.37 bits per heavy atom. The maximum atomic E-state index is 12.0. The van der Waals surface area contributed by atoms with Crippen molar-refractivity contribution in [3.8, 4) is 5.88 Å². The Bertz CT molecular complexity index is 510. The molecule has 0 saturated heterocycles. The summed E-state index contributed by atoms with van der Waals surface area (Å²) in [5, 5.41) is 0. The number of carbonyl (C=O) groups is 1. The molecule has 1 rings (SSSR count). The summed E-state index contributed by atoms with van der Waals surface area (Å²) in [6.07, 6.45) is 2.14. The van der Waals surface area contributed by atoms with E-state index in [1.54, 1.807) is 7.05 Å². The van der Waals surface area contributed by atoms with Crippen molar-refractivity contribution in [2.24, 2.45) is 7.05 Å². The number of unbranched alkanes of at least 4 members (excludes halogenated alkanes) is 1. The van der Waals surface area contributed by atoms with Crippen molar-refractivity contribution < 1.29 is 14.3 Å². The smallest absolute Gasteiger partial charge is 0.305 e. The van der Waals surface area contributed by atoms with Gasteiger partial charge in [0.05, 0.1) is 19.8 Å². The van der Waals surface area contributed by atoms with Crippen molar-refractivity contribution >= 4 is 11.9 Å². The van der Waals surface area contributed by atoms with Crippen molar-refractivity contribution in [3.05, 3.63) is 15.9 Å². The lowest BCUT2D eigenvalue weighted by atomic mass is 10.1. The molecule has 0 atom stereocenters. The molecule has 1 heterocycles. The van der Waals surface area contributed by atoms with Gasteiger partial charge in [-0.25, -0.2) is 0 Å². The molecule has 2 N–H and O–H groups in total. The van der Waals surface area contributed by atoms with Gasteiger partial charge in [-0.1, -0.05) is 0 Å². The minimum absolute atomic E-state index is 0.111. The van der Waals surface area contributed by atoms with Gasteiger partial charge in [0, 0.05) is 13.5 Å². The quantitative estimate of drug-likeness (QED) is 0.587. The Morgan fingerprint density at radius 2 is 2.05 bits per heavy atom. The van der Waals surface area contributed by atoms with Crippen molar-refractivity contribution in [2.45, 2.75) is 25.7 Å². The molecule has 0 aliphatic heterocycles. The van der Waals surface area contributed by atoms with E-state index in [0.29, 0.717) is 31.2 Å². The highest BCUT2D eigenvalue weighted by atomic mass is 16.5. The van der Waals surface area contributed by atoms with Crippen molar-refractivity contribution in [1.29, 1.82) is 0 Å². The standard InChI is InChI=1S/C12H19N3O4/c1-15-11(17)8(10(19-3)14-12(15)13)6-4-5-7-9(16)18-2/h4-7H2,1-3H3,(H2,13,14). The van der Waals surface area contributed by atoms with E-state index in [1.807, 2.05) is 0 Å². The number of carbonyl (C=O) groups excluding carboxylic acids is 1. The average Bonchev–Trinajstić information content (AvgIpc) is 2.42.